The average molecular weight is 287 g/mol. The molecule has 1 fully saturated rings. The van der Waals surface area contributed by atoms with Gasteiger partial charge in [-0.15, -0.1) is 0 Å². The standard InChI is InChI=1S/C8H18N4O2.C4H7NO/c1-2-14-7(13)6(9)4-3-5-12-8(10)11;6-4-2-1-3-5-4/h6H,2-5,9H2,1H3,(H4,10,11,12);1-3H2,(H,5,6). The van der Waals surface area contributed by atoms with Gasteiger partial charge in [-0.05, 0) is 26.2 Å². The maximum atomic E-state index is 11.0. The van der Waals surface area contributed by atoms with Crippen LogP contribution in [0.3, 0.4) is 0 Å². The summed E-state index contributed by atoms with van der Waals surface area (Å²) in [5.74, 6) is -0.250. The Kier molecular flexibility index (Phi) is 10.0. The lowest BCUT2D eigenvalue weighted by atomic mass is 10.2. The molecule has 0 aromatic carbocycles. The zero-order valence-electron chi connectivity index (χ0n) is 11.9. The molecule has 1 aliphatic heterocycles. The SMILES string of the molecule is CCOC(=O)C(N)CCCNC(=N)N.O=C1CCCN1. The van der Waals surface area contributed by atoms with Crippen molar-refractivity contribution in [1.82, 2.24) is 10.6 Å². The number of nitrogens with one attached hydrogen (secondary N) is 3. The van der Waals surface area contributed by atoms with Gasteiger partial charge in [-0.3, -0.25) is 15.0 Å². The van der Waals surface area contributed by atoms with Gasteiger partial charge in [0, 0.05) is 19.5 Å². The Hall–Kier alpha value is -1.83. The highest BCUT2D eigenvalue weighted by molar-refractivity contribution is 5.77. The second-order valence-electron chi connectivity index (χ2n) is 4.29. The average Bonchev–Trinajstić information content (AvgIpc) is 2.86. The number of esters is 1. The molecule has 1 atom stereocenters. The summed E-state index contributed by atoms with van der Waals surface area (Å²) >= 11 is 0. The molecule has 0 saturated carbocycles. The zero-order chi connectivity index (χ0) is 15.4. The minimum absolute atomic E-state index is 0.0743. The summed E-state index contributed by atoms with van der Waals surface area (Å²) in [4.78, 5) is 21.2. The van der Waals surface area contributed by atoms with Crippen molar-refractivity contribution >= 4 is 17.8 Å². The highest BCUT2D eigenvalue weighted by Crippen LogP contribution is 1.96. The molecule has 0 aromatic rings. The van der Waals surface area contributed by atoms with E-state index in [-0.39, 0.29) is 17.8 Å². The van der Waals surface area contributed by atoms with Gasteiger partial charge < -0.3 is 26.8 Å². The number of hydrogen-bond acceptors (Lipinski definition) is 5. The molecular formula is C12H25N5O3. The van der Waals surface area contributed by atoms with E-state index < -0.39 is 6.04 Å². The first-order valence-corrected chi connectivity index (χ1v) is 6.74. The van der Waals surface area contributed by atoms with Gasteiger partial charge in [-0.25, -0.2) is 0 Å². The largest absolute Gasteiger partial charge is 0.465 e. The number of carbonyl (C=O) groups excluding carboxylic acids is 2. The Labute approximate surface area is 119 Å². The van der Waals surface area contributed by atoms with E-state index in [1.807, 2.05) is 0 Å². The van der Waals surface area contributed by atoms with Crippen molar-refractivity contribution in [2.24, 2.45) is 11.5 Å². The lowest BCUT2D eigenvalue weighted by Crippen LogP contribution is -2.35. The van der Waals surface area contributed by atoms with Gasteiger partial charge in [0.05, 0.1) is 6.61 Å². The topological polar surface area (TPSA) is 143 Å². The van der Waals surface area contributed by atoms with Crippen molar-refractivity contribution in [3.63, 3.8) is 0 Å². The van der Waals surface area contributed by atoms with Gasteiger partial charge in [0.2, 0.25) is 5.91 Å². The van der Waals surface area contributed by atoms with E-state index >= 15 is 0 Å². The highest BCUT2D eigenvalue weighted by atomic mass is 16.5. The predicted molar refractivity (Wildman–Crippen MR) is 76.0 cm³/mol. The maximum Gasteiger partial charge on any atom is 0.322 e. The third-order valence-electron chi connectivity index (χ3n) is 2.50. The minimum atomic E-state index is -0.580. The van der Waals surface area contributed by atoms with Crippen molar-refractivity contribution in [3.05, 3.63) is 0 Å². The fraction of sp³-hybridized carbons (Fsp3) is 0.750. The molecule has 1 rings (SSSR count). The molecule has 0 aromatic heterocycles. The highest BCUT2D eigenvalue weighted by Gasteiger charge is 2.13. The van der Waals surface area contributed by atoms with Gasteiger partial charge in [-0.2, -0.15) is 0 Å². The first kappa shape index (κ1) is 18.2. The van der Waals surface area contributed by atoms with Crippen LogP contribution >= 0.6 is 0 Å². The summed E-state index contributed by atoms with van der Waals surface area (Å²) in [5.41, 5.74) is 10.6. The molecule has 7 N–H and O–H groups in total. The summed E-state index contributed by atoms with van der Waals surface area (Å²) in [6.07, 6.45) is 2.97. The number of amides is 1. The van der Waals surface area contributed by atoms with E-state index in [1.54, 1.807) is 6.92 Å². The maximum absolute atomic E-state index is 11.0. The molecule has 1 aliphatic rings. The number of rotatable bonds is 6. The van der Waals surface area contributed by atoms with E-state index in [1.165, 1.54) is 0 Å². The van der Waals surface area contributed by atoms with Crippen LogP contribution in [0.4, 0.5) is 0 Å². The van der Waals surface area contributed by atoms with Crippen LogP contribution in [0, 0.1) is 5.41 Å². The quantitative estimate of drug-likeness (QED) is 0.184. The van der Waals surface area contributed by atoms with Gasteiger partial charge >= 0.3 is 5.97 Å². The van der Waals surface area contributed by atoms with Crippen molar-refractivity contribution < 1.29 is 14.3 Å². The minimum Gasteiger partial charge on any atom is -0.465 e. The van der Waals surface area contributed by atoms with Gasteiger partial charge in [-0.1, -0.05) is 0 Å². The summed E-state index contributed by atoms with van der Waals surface area (Å²) in [5, 5.41) is 12.2. The first-order chi connectivity index (χ1) is 9.47. The van der Waals surface area contributed by atoms with Crippen LogP contribution in [0.1, 0.15) is 32.6 Å². The van der Waals surface area contributed by atoms with E-state index in [2.05, 4.69) is 10.6 Å². The second kappa shape index (κ2) is 11.0. The Morgan fingerprint density at radius 1 is 1.60 bits per heavy atom. The molecule has 1 unspecified atom stereocenters. The van der Waals surface area contributed by atoms with Crippen LogP contribution in [0.15, 0.2) is 0 Å². The van der Waals surface area contributed by atoms with Crippen molar-refractivity contribution in [3.8, 4) is 0 Å². The third kappa shape index (κ3) is 10.1. The zero-order valence-corrected chi connectivity index (χ0v) is 11.9. The Morgan fingerprint density at radius 3 is 2.70 bits per heavy atom. The molecule has 0 radical (unpaired) electrons. The summed E-state index contributed by atoms with van der Waals surface area (Å²) < 4.78 is 4.73. The summed E-state index contributed by atoms with van der Waals surface area (Å²) in [6.45, 7) is 3.52. The molecular weight excluding hydrogens is 262 g/mol. The molecule has 0 spiro atoms. The van der Waals surface area contributed by atoms with Crippen LogP contribution in [0.25, 0.3) is 0 Å². The molecule has 8 nitrogen and oxygen atoms in total. The molecule has 20 heavy (non-hydrogen) atoms. The molecule has 1 heterocycles. The second-order valence-corrected chi connectivity index (χ2v) is 4.29. The molecule has 8 heteroatoms. The Bertz CT molecular complexity index is 314. The van der Waals surface area contributed by atoms with Gasteiger partial charge in [0.25, 0.3) is 0 Å². The predicted octanol–water partition coefficient (Wildman–Crippen LogP) is -0.964. The lowest BCUT2D eigenvalue weighted by Gasteiger charge is -2.10. The Morgan fingerprint density at radius 2 is 2.30 bits per heavy atom. The van der Waals surface area contributed by atoms with E-state index in [9.17, 15) is 9.59 Å². The van der Waals surface area contributed by atoms with Crippen LogP contribution < -0.4 is 22.1 Å². The number of carbonyl (C=O) groups is 2. The monoisotopic (exact) mass is 287 g/mol. The van der Waals surface area contributed by atoms with Crippen LogP contribution in [-0.4, -0.2) is 43.6 Å². The van der Waals surface area contributed by atoms with E-state index in [4.69, 9.17) is 21.6 Å². The summed E-state index contributed by atoms with van der Waals surface area (Å²) in [6, 6.07) is -0.580. The van der Waals surface area contributed by atoms with Crippen molar-refractivity contribution in [2.75, 3.05) is 19.7 Å². The fourth-order valence-corrected chi connectivity index (χ4v) is 1.48. The lowest BCUT2D eigenvalue weighted by molar-refractivity contribution is -0.144. The Balaban J connectivity index is 0.000000493. The van der Waals surface area contributed by atoms with Crippen LogP contribution in [0.5, 0.6) is 0 Å². The smallest absolute Gasteiger partial charge is 0.322 e. The van der Waals surface area contributed by atoms with E-state index in [0.29, 0.717) is 26.0 Å². The van der Waals surface area contributed by atoms with Gasteiger partial charge in [0.1, 0.15) is 6.04 Å². The van der Waals surface area contributed by atoms with Crippen molar-refractivity contribution in [1.29, 1.82) is 5.41 Å². The fourth-order valence-electron chi connectivity index (χ4n) is 1.48. The molecule has 1 amide bonds. The van der Waals surface area contributed by atoms with E-state index in [0.717, 1.165) is 19.4 Å². The number of nitrogens with two attached hydrogens (primary N) is 2. The molecule has 0 bridgehead atoms. The first-order valence-electron chi connectivity index (χ1n) is 6.74. The van der Waals surface area contributed by atoms with Gasteiger partial charge in [0.15, 0.2) is 5.96 Å². The number of hydrogen-bond donors (Lipinski definition) is 5. The molecule has 1 saturated heterocycles. The third-order valence-corrected chi connectivity index (χ3v) is 2.50. The molecule has 116 valence electrons. The van der Waals surface area contributed by atoms with Crippen LogP contribution in [0.2, 0.25) is 0 Å². The summed E-state index contributed by atoms with van der Waals surface area (Å²) in [7, 11) is 0. The normalized spacial score (nSPS) is 14.6. The molecule has 0 aliphatic carbocycles. The van der Waals surface area contributed by atoms with Crippen LogP contribution in [-0.2, 0) is 14.3 Å². The van der Waals surface area contributed by atoms with Crippen molar-refractivity contribution in [2.45, 2.75) is 38.6 Å². The number of guanidine groups is 1. The number of ether oxygens (including phenoxy) is 1.